The average Bonchev–Trinajstić information content (AvgIpc) is 3.41. The molecule has 0 radical (unpaired) electrons. The zero-order valence-electron chi connectivity index (χ0n) is 21.2. The van der Waals surface area contributed by atoms with Crippen molar-refractivity contribution in [1.29, 1.82) is 5.26 Å². The molecule has 39 heavy (non-hydrogen) atoms. The highest BCUT2D eigenvalue weighted by molar-refractivity contribution is 6.36. The number of benzene rings is 2. The maximum absolute atomic E-state index is 13.8. The van der Waals surface area contributed by atoms with E-state index in [0.29, 0.717) is 38.7 Å². The van der Waals surface area contributed by atoms with Gasteiger partial charge < -0.3 is 10.6 Å². The van der Waals surface area contributed by atoms with Gasteiger partial charge in [0.05, 0.1) is 51.5 Å². The van der Waals surface area contributed by atoms with E-state index in [9.17, 15) is 14.0 Å². The van der Waals surface area contributed by atoms with E-state index < -0.39 is 11.3 Å². The van der Waals surface area contributed by atoms with Crippen LogP contribution >= 0.6 is 11.6 Å². The van der Waals surface area contributed by atoms with E-state index in [1.165, 1.54) is 30.6 Å². The highest BCUT2D eigenvalue weighted by Gasteiger charge is 2.33. The fourth-order valence-corrected chi connectivity index (χ4v) is 4.56. The molecule has 0 saturated carbocycles. The normalized spacial score (nSPS) is 12.7. The second kappa shape index (κ2) is 10.3. The molecule has 0 aliphatic carbocycles. The Morgan fingerprint density at radius 3 is 2.49 bits per heavy atom. The summed E-state index contributed by atoms with van der Waals surface area (Å²) in [6, 6.07) is 13.1. The highest BCUT2D eigenvalue weighted by atomic mass is 35.5. The molecule has 5 rings (SSSR count). The minimum absolute atomic E-state index is 0.0836. The smallest absolute Gasteiger partial charge is 0.148 e. The van der Waals surface area contributed by atoms with Gasteiger partial charge in [-0.05, 0) is 43.7 Å². The molecule has 0 saturated heterocycles. The van der Waals surface area contributed by atoms with Crippen molar-refractivity contribution >= 4 is 47.4 Å². The number of hydrogen-bond donors (Lipinski definition) is 2. The Balaban J connectivity index is 1.66. The SMILES string of the molecule is BC(Nc1cc(Cl)c2ncc(C#N)c(Nc3cncc(F)c3)c2c1)(c1ccc(F)cc1)c1cn(C(C)C)nn1. The van der Waals surface area contributed by atoms with Gasteiger partial charge >= 0.3 is 0 Å². The van der Waals surface area contributed by atoms with Gasteiger partial charge in [-0.1, -0.05) is 28.9 Å². The van der Waals surface area contributed by atoms with Gasteiger partial charge in [-0.25, -0.2) is 13.5 Å². The van der Waals surface area contributed by atoms with Crippen molar-refractivity contribution in [1.82, 2.24) is 25.0 Å². The van der Waals surface area contributed by atoms with Crippen LogP contribution in [0.15, 0.2) is 67.3 Å². The number of fused-ring (bicyclic) bond motifs is 1. The first-order chi connectivity index (χ1) is 18.7. The third kappa shape index (κ3) is 5.11. The van der Waals surface area contributed by atoms with Crippen LogP contribution in [0.3, 0.4) is 0 Å². The predicted octanol–water partition coefficient (Wildman–Crippen LogP) is 5.30. The molecule has 1 atom stereocenters. The third-order valence-corrected chi connectivity index (χ3v) is 6.68. The van der Waals surface area contributed by atoms with Gasteiger partial charge in [0.1, 0.15) is 31.2 Å². The number of hydrogen-bond acceptors (Lipinski definition) is 7. The quantitative estimate of drug-likeness (QED) is 0.269. The van der Waals surface area contributed by atoms with E-state index in [2.05, 4.69) is 37.0 Å². The first-order valence-electron chi connectivity index (χ1n) is 12.0. The van der Waals surface area contributed by atoms with Gasteiger partial charge in [-0.15, -0.1) is 5.10 Å². The van der Waals surface area contributed by atoms with E-state index in [-0.39, 0.29) is 17.4 Å². The monoisotopic (exact) mass is 542 g/mol. The van der Waals surface area contributed by atoms with Crippen molar-refractivity contribution < 1.29 is 8.78 Å². The first kappa shape index (κ1) is 26.1. The van der Waals surface area contributed by atoms with Crippen LogP contribution in [0.4, 0.5) is 25.8 Å². The average molecular weight is 543 g/mol. The lowest BCUT2D eigenvalue weighted by Crippen LogP contribution is -2.37. The molecule has 0 spiro atoms. The van der Waals surface area contributed by atoms with Crippen LogP contribution in [0.5, 0.6) is 0 Å². The molecule has 0 amide bonds. The first-order valence-corrected chi connectivity index (χ1v) is 12.4. The van der Waals surface area contributed by atoms with Crippen LogP contribution in [0.1, 0.15) is 36.7 Å². The summed E-state index contributed by atoms with van der Waals surface area (Å²) >= 11 is 6.68. The molecule has 8 nitrogen and oxygen atoms in total. The second-order valence-electron chi connectivity index (χ2n) is 9.46. The fraction of sp³-hybridized carbons (Fsp3) is 0.148. The number of halogens is 3. The van der Waals surface area contributed by atoms with Crippen LogP contribution in [0, 0.1) is 23.0 Å². The minimum Gasteiger partial charge on any atom is -0.378 e. The van der Waals surface area contributed by atoms with E-state index in [1.54, 1.807) is 28.9 Å². The van der Waals surface area contributed by atoms with E-state index in [0.717, 1.165) is 11.8 Å². The van der Waals surface area contributed by atoms with Crippen LogP contribution in [-0.2, 0) is 5.44 Å². The van der Waals surface area contributed by atoms with Crippen molar-refractivity contribution in [3.05, 3.63) is 101 Å². The molecule has 3 heterocycles. The summed E-state index contributed by atoms with van der Waals surface area (Å²) in [5.74, 6) is -0.889. The van der Waals surface area contributed by atoms with Crippen LogP contribution in [-0.4, -0.2) is 32.8 Å². The predicted molar refractivity (Wildman–Crippen MR) is 149 cm³/mol. The number of anilines is 3. The van der Waals surface area contributed by atoms with Gasteiger partial charge in [-0.3, -0.25) is 9.97 Å². The largest absolute Gasteiger partial charge is 0.378 e. The molecular formula is C27H22BClF2N8. The standard InChI is InChI=1S/C27H22BClF2N8/c1-15(2)39-14-24(37-38-39)27(28,17-3-5-18(30)6-4-17)36-20-8-22-25(35-21-7-19(31)12-33-13-21)16(10-32)11-34-26(22)23(29)9-20/h3-9,11-15,36H,28H2,1-2H3,(H,34,35). The number of pyridine rings is 2. The molecule has 1 unspecified atom stereocenters. The number of aromatic nitrogens is 5. The molecule has 0 aliphatic heterocycles. The van der Waals surface area contributed by atoms with Crippen molar-refractivity contribution in [3.8, 4) is 6.07 Å². The molecule has 194 valence electrons. The lowest BCUT2D eigenvalue weighted by Gasteiger charge is -2.31. The molecule has 2 N–H and O–H groups in total. The lowest BCUT2D eigenvalue weighted by atomic mass is 9.69. The summed E-state index contributed by atoms with van der Waals surface area (Å²) in [6.07, 6.45) is 5.78. The zero-order valence-corrected chi connectivity index (χ0v) is 22.0. The summed E-state index contributed by atoms with van der Waals surface area (Å²) in [4.78, 5) is 8.25. The Morgan fingerprint density at radius 2 is 1.82 bits per heavy atom. The van der Waals surface area contributed by atoms with Crippen LogP contribution in [0.25, 0.3) is 10.9 Å². The summed E-state index contributed by atoms with van der Waals surface area (Å²) in [5.41, 5.74) is 2.41. The second-order valence-corrected chi connectivity index (χ2v) is 9.87. The molecule has 5 aromatic rings. The maximum atomic E-state index is 13.8. The number of nitrogens with zero attached hydrogens (tertiary/aromatic N) is 6. The van der Waals surface area contributed by atoms with E-state index in [1.807, 2.05) is 27.9 Å². The molecule has 12 heteroatoms. The fourth-order valence-electron chi connectivity index (χ4n) is 4.29. The molecule has 3 aromatic heterocycles. The van der Waals surface area contributed by atoms with Gasteiger partial charge in [0.25, 0.3) is 0 Å². The molecule has 2 aromatic carbocycles. The Kier molecular flexibility index (Phi) is 6.89. The lowest BCUT2D eigenvalue weighted by molar-refractivity contribution is 0.514. The topological polar surface area (TPSA) is 104 Å². The molecule has 0 aliphatic rings. The number of nitrogens with one attached hydrogen (secondary N) is 2. The van der Waals surface area contributed by atoms with Crippen molar-refractivity contribution in [2.45, 2.75) is 25.3 Å². The van der Waals surface area contributed by atoms with E-state index in [4.69, 9.17) is 11.6 Å². The number of nitriles is 1. The Bertz CT molecular complexity index is 1720. The van der Waals surface area contributed by atoms with Crippen molar-refractivity contribution in [2.75, 3.05) is 10.6 Å². The Hall–Kier alpha value is -4.56. The third-order valence-electron chi connectivity index (χ3n) is 6.39. The van der Waals surface area contributed by atoms with Gasteiger partial charge in [0.2, 0.25) is 0 Å². The molecular weight excluding hydrogens is 521 g/mol. The van der Waals surface area contributed by atoms with Crippen molar-refractivity contribution in [2.24, 2.45) is 0 Å². The summed E-state index contributed by atoms with van der Waals surface area (Å²) in [5, 5.41) is 25.9. The van der Waals surface area contributed by atoms with Gasteiger partial charge in [0.15, 0.2) is 0 Å². The summed E-state index contributed by atoms with van der Waals surface area (Å²) in [6.45, 7) is 3.99. The highest BCUT2D eigenvalue weighted by Crippen LogP contribution is 2.37. The van der Waals surface area contributed by atoms with Gasteiger partial charge in [-0.2, -0.15) is 5.26 Å². The van der Waals surface area contributed by atoms with Crippen LogP contribution < -0.4 is 10.6 Å². The van der Waals surface area contributed by atoms with Crippen molar-refractivity contribution in [3.63, 3.8) is 0 Å². The van der Waals surface area contributed by atoms with E-state index >= 15 is 0 Å². The summed E-state index contributed by atoms with van der Waals surface area (Å²) in [7, 11) is 1.91. The Morgan fingerprint density at radius 1 is 1.05 bits per heavy atom. The maximum Gasteiger partial charge on any atom is 0.148 e. The molecule has 0 fully saturated rings. The van der Waals surface area contributed by atoms with Crippen LogP contribution in [0.2, 0.25) is 5.02 Å². The number of rotatable bonds is 7. The minimum atomic E-state index is -0.946. The summed E-state index contributed by atoms with van der Waals surface area (Å²) < 4.78 is 29.4. The molecule has 0 bridgehead atoms. The van der Waals surface area contributed by atoms with Gasteiger partial charge in [0, 0.05) is 29.4 Å². The Labute approximate surface area is 229 Å². The zero-order chi connectivity index (χ0) is 27.7.